The first-order chi connectivity index (χ1) is 28.1. The van der Waals surface area contributed by atoms with E-state index in [9.17, 15) is 0 Å². The highest BCUT2D eigenvalue weighted by Gasteiger charge is 2.23. The van der Waals surface area contributed by atoms with Crippen molar-refractivity contribution in [1.82, 2.24) is 24.1 Å². The maximum absolute atomic E-state index is 6.11. The molecule has 6 heteroatoms. The number of aryl methyl sites for hydroxylation is 1. The fourth-order valence-electron chi connectivity index (χ4n) is 8.61. The summed E-state index contributed by atoms with van der Waals surface area (Å²) < 4.78 is 12.9. The molecule has 4 heterocycles. The number of rotatable bonds is 6. The van der Waals surface area contributed by atoms with Gasteiger partial charge in [0.25, 0.3) is 0 Å². The van der Waals surface area contributed by atoms with Gasteiger partial charge in [0.05, 0.1) is 27.9 Å². The predicted molar refractivity (Wildman–Crippen MR) is 233 cm³/mol. The molecule has 0 saturated heterocycles. The molecule has 0 unspecified atom stereocenters. The van der Waals surface area contributed by atoms with Gasteiger partial charge in [0.15, 0.2) is 0 Å². The Balaban J connectivity index is 1.15. The number of benzene rings is 7. The lowest BCUT2D eigenvalue weighted by Gasteiger charge is -2.14. The lowest BCUT2D eigenvalue weighted by atomic mass is 10.0. The third kappa shape index (κ3) is 5.11. The Hall–Kier alpha value is -7.70. The third-order valence-corrected chi connectivity index (χ3v) is 11.2. The van der Waals surface area contributed by atoms with E-state index >= 15 is 0 Å². The molecule has 0 N–H and O–H groups in total. The van der Waals surface area contributed by atoms with Crippen LogP contribution in [0.25, 0.3) is 95.9 Å². The van der Waals surface area contributed by atoms with Crippen LogP contribution in [0, 0.1) is 6.92 Å². The minimum Gasteiger partial charge on any atom is -0.457 e. The van der Waals surface area contributed by atoms with Crippen molar-refractivity contribution in [2.45, 2.75) is 6.92 Å². The van der Waals surface area contributed by atoms with E-state index in [4.69, 9.17) is 14.7 Å². The average molecular weight is 734 g/mol. The molecule has 0 saturated carbocycles. The summed E-state index contributed by atoms with van der Waals surface area (Å²) in [6, 6.07) is 61.4. The molecule has 11 aromatic rings. The Bertz CT molecular complexity index is 3440. The molecule has 0 spiro atoms. The second-order valence-corrected chi connectivity index (χ2v) is 14.4. The summed E-state index contributed by atoms with van der Waals surface area (Å²) >= 11 is 0. The van der Waals surface area contributed by atoms with Crippen molar-refractivity contribution in [2.24, 2.45) is 0 Å². The van der Waals surface area contributed by atoms with E-state index in [1.807, 2.05) is 47.1 Å². The van der Waals surface area contributed by atoms with Crippen molar-refractivity contribution < 1.29 is 4.42 Å². The Morgan fingerprint density at radius 2 is 1.16 bits per heavy atom. The lowest BCUT2D eigenvalue weighted by molar-refractivity contribution is 0.577. The summed E-state index contributed by atoms with van der Waals surface area (Å²) in [6.45, 7) is 6.49. The Kier molecular flexibility index (Phi) is 7.44. The molecule has 270 valence electrons. The van der Waals surface area contributed by atoms with E-state index in [0.29, 0.717) is 5.42 Å². The predicted octanol–water partition coefficient (Wildman–Crippen LogP) is 10.9. The van der Waals surface area contributed by atoms with Gasteiger partial charge in [0, 0.05) is 49.3 Å². The van der Waals surface area contributed by atoms with Crippen LogP contribution >= 0.6 is 0 Å². The molecule has 57 heavy (non-hydrogen) atoms. The summed E-state index contributed by atoms with van der Waals surface area (Å²) in [7, 11) is 0. The van der Waals surface area contributed by atoms with Gasteiger partial charge in [-0.2, -0.15) is 0 Å². The molecule has 0 aliphatic heterocycles. The van der Waals surface area contributed by atoms with Gasteiger partial charge in [-0.05, 0) is 67.1 Å². The fourth-order valence-corrected chi connectivity index (χ4v) is 8.61. The van der Waals surface area contributed by atoms with Gasteiger partial charge >= 0.3 is 0 Å². The first-order valence-corrected chi connectivity index (χ1v) is 19.1. The number of fused-ring (bicyclic) bond motifs is 5. The molecule has 6 nitrogen and oxygen atoms in total. The number of hydrogen-bond donors (Lipinski definition) is 0. The van der Waals surface area contributed by atoms with Crippen LogP contribution in [-0.2, 0) is 0 Å². The van der Waals surface area contributed by atoms with Crippen LogP contribution in [-0.4, -0.2) is 24.1 Å². The zero-order valence-electron chi connectivity index (χ0n) is 31.2. The van der Waals surface area contributed by atoms with Gasteiger partial charge in [-0.1, -0.05) is 139 Å². The van der Waals surface area contributed by atoms with Gasteiger partial charge in [0.1, 0.15) is 22.4 Å². The molecule has 0 radical (unpaired) electrons. The molecule has 11 rings (SSSR count). The second kappa shape index (κ2) is 13.0. The smallest absolute Gasteiger partial charge is 0.135 e. The molecule has 0 bridgehead atoms. The van der Waals surface area contributed by atoms with E-state index < -0.39 is 0 Å². The minimum atomic E-state index is 0.654. The first kappa shape index (κ1) is 32.7. The maximum Gasteiger partial charge on any atom is 0.135 e. The van der Waals surface area contributed by atoms with Crippen molar-refractivity contribution in [1.29, 1.82) is 0 Å². The number of aromatic nitrogens is 5. The highest BCUT2D eigenvalue weighted by molar-refractivity contribution is 6.13. The van der Waals surface area contributed by atoms with E-state index in [-0.39, 0.29) is 0 Å². The SMILES string of the molecule is C=c1oc2ccccc2/c1=C/c1c(C)c2ccccc2n1-c1cccc(-n2c3ccccc3c3c(-n4nnc(-c5ccccc5)c4-c4ccccc4)cccc32)c1. The van der Waals surface area contributed by atoms with Crippen LogP contribution in [0.3, 0.4) is 0 Å². The van der Waals surface area contributed by atoms with E-state index in [2.05, 4.69) is 162 Å². The largest absolute Gasteiger partial charge is 0.457 e. The van der Waals surface area contributed by atoms with E-state index in [1.165, 1.54) is 10.9 Å². The molecule has 7 aromatic carbocycles. The molecule has 0 fully saturated rings. The zero-order valence-corrected chi connectivity index (χ0v) is 31.2. The first-order valence-electron chi connectivity index (χ1n) is 19.1. The average Bonchev–Trinajstić information content (AvgIpc) is 4.01. The summed E-state index contributed by atoms with van der Waals surface area (Å²) in [5, 5.41) is 15.2. The minimum absolute atomic E-state index is 0.654. The van der Waals surface area contributed by atoms with Crippen LogP contribution in [0.1, 0.15) is 11.3 Å². The van der Waals surface area contributed by atoms with E-state index in [1.54, 1.807) is 0 Å². The summed E-state index contributed by atoms with van der Waals surface area (Å²) in [4.78, 5) is 0. The van der Waals surface area contributed by atoms with Crippen LogP contribution in [0.2, 0.25) is 0 Å². The van der Waals surface area contributed by atoms with Crippen molar-refractivity contribution in [3.63, 3.8) is 0 Å². The highest BCUT2D eigenvalue weighted by atomic mass is 16.3. The van der Waals surface area contributed by atoms with Gasteiger partial charge < -0.3 is 13.6 Å². The quantitative estimate of drug-likeness (QED) is 0.171. The van der Waals surface area contributed by atoms with Gasteiger partial charge in [0.2, 0.25) is 0 Å². The van der Waals surface area contributed by atoms with Crippen molar-refractivity contribution in [2.75, 3.05) is 0 Å². The highest BCUT2D eigenvalue weighted by Crippen LogP contribution is 2.40. The Morgan fingerprint density at radius 1 is 0.561 bits per heavy atom. The Labute approximate surface area is 328 Å². The topological polar surface area (TPSA) is 53.7 Å². The van der Waals surface area contributed by atoms with Gasteiger partial charge in [-0.15, -0.1) is 5.10 Å². The molecule has 4 aromatic heterocycles. The summed E-state index contributed by atoms with van der Waals surface area (Å²) in [6.07, 6.45) is 2.23. The number of furan rings is 1. The van der Waals surface area contributed by atoms with E-state index in [0.717, 1.165) is 88.8 Å². The van der Waals surface area contributed by atoms with Crippen LogP contribution < -0.4 is 10.6 Å². The standard InChI is InChI=1S/C51H35N5O/c1-33-39-23-9-12-26-43(39)55(47(33)32-42-34(2)57-48-30-14-11-24-40(42)48)38-22-15-21-37(31-38)54-44-27-13-10-25-41(44)49-45(54)28-16-29-46(49)56-51(36-19-7-4-8-20-36)50(52-53-56)35-17-5-3-6-18-35/h3-32H,2H2,1H3/b42-32+. The van der Waals surface area contributed by atoms with Crippen molar-refractivity contribution >= 4 is 56.3 Å². The monoisotopic (exact) mass is 733 g/mol. The van der Waals surface area contributed by atoms with Crippen LogP contribution in [0.5, 0.6) is 0 Å². The molecule has 0 aliphatic rings. The van der Waals surface area contributed by atoms with Gasteiger partial charge in [-0.3, -0.25) is 0 Å². The third-order valence-electron chi connectivity index (χ3n) is 11.2. The molecular formula is C51H35N5O. The number of para-hydroxylation sites is 3. The Morgan fingerprint density at radius 3 is 1.93 bits per heavy atom. The molecule has 0 aliphatic carbocycles. The maximum atomic E-state index is 6.11. The zero-order chi connectivity index (χ0) is 38.0. The summed E-state index contributed by atoms with van der Waals surface area (Å²) in [5.74, 6) is 0. The molecule has 0 amide bonds. The van der Waals surface area contributed by atoms with Gasteiger partial charge in [-0.25, -0.2) is 4.68 Å². The molecular weight excluding hydrogens is 699 g/mol. The normalized spacial score (nSPS) is 12.1. The number of nitrogens with zero attached hydrogens (tertiary/aromatic N) is 5. The lowest BCUT2D eigenvalue weighted by Crippen LogP contribution is -2.19. The van der Waals surface area contributed by atoms with Crippen molar-refractivity contribution in [3.8, 4) is 39.6 Å². The fraction of sp³-hybridized carbons (Fsp3) is 0.0196. The molecule has 0 atom stereocenters. The number of hydrogen-bond acceptors (Lipinski definition) is 3. The van der Waals surface area contributed by atoms with Crippen LogP contribution in [0.15, 0.2) is 180 Å². The summed E-state index contributed by atoms with van der Waals surface area (Å²) in [5.41, 5.74) is 14.0. The van der Waals surface area contributed by atoms with Crippen molar-refractivity contribution in [3.05, 3.63) is 198 Å². The van der Waals surface area contributed by atoms with Crippen LogP contribution in [0.4, 0.5) is 0 Å². The second-order valence-electron chi connectivity index (χ2n) is 14.4.